The monoisotopic (exact) mass is 309 g/mol. The van der Waals surface area contributed by atoms with Crippen LogP contribution < -0.4 is 10.9 Å². The van der Waals surface area contributed by atoms with Crippen LogP contribution in [0.2, 0.25) is 10.0 Å². The second kappa shape index (κ2) is 5.15. The summed E-state index contributed by atoms with van der Waals surface area (Å²) in [6, 6.07) is 5.32. The third kappa shape index (κ3) is 2.48. The summed E-state index contributed by atoms with van der Waals surface area (Å²) in [6.45, 7) is 0.461. The van der Waals surface area contributed by atoms with E-state index in [9.17, 15) is 4.79 Å². The first-order valence-corrected chi connectivity index (χ1v) is 6.50. The molecule has 0 saturated heterocycles. The van der Waals surface area contributed by atoms with E-state index in [1.54, 1.807) is 12.1 Å². The number of anilines is 1. The molecule has 102 valence electrons. The molecule has 0 spiro atoms. The first kappa shape index (κ1) is 13.0. The first-order valence-electron chi connectivity index (χ1n) is 5.74. The molecule has 3 aromatic rings. The summed E-state index contributed by atoms with van der Waals surface area (Å²) in [7, 11) is 0. The molecule has 2 heterocycles. The number of aromatic amines is 2. The number of hydrogen-bond acceptors (Lipinski definition) is 4. The number of aromatic nitrogens is 4. The number of fused-ring (bicyclic) bond motifs is 1. The molecular weight excluding hydrogens is 301 g/mol. The fourth-order valence-corrected chi connectivity index (χ4v) is 2.09. The van der Waals surface area contributed by atoms with Crippen molar-refractivity contribution in [2.45, 2.75) is 6.54 Å². The summed E-state index contributed by atoms with van der Waals surface area (Å²) < 4.78 is 0. The lowest BCUT2D eigenvalue weighted by Crippen LogP contribution is -2.13. The highest BCUT2D eigenvalue weighted by Crippen LogP contribution is 2.22. The van der Waals surface area contributed by atoms with Crippen molar-refractivity contribution in [3.8, 4) is 0 Å². The number of rotatable bonds is 3. The molecule has 0 fully saturated rings. The Morgan fingerprint density at radius 2 is 2.10 bits per heavy atom. The van der Waals surface area contributed by atoms with Crippen LogP contribution in [0.1, 0.15) is 5.56 Å². The molecule has 0 aliphatic rings. The largest absolute Gasteiger partial charge is 0.352 e. The van der Waals surface area contributed by atoms with Crippen molar-refractivity contribution in [1.82, 2.24) is 20.2 Å². The van der Waals surface area contributed by atoms with Crippen molar-refractivity contribution in [2.24, 2.45) is 0 Å². The van der Waals surface area contributed by atoms with Crippen molar-refractivity contribution in [2.75, 3.05) is 5.32 Å². The second-order valence-corrected chi connectivity index (χ2v) is 4.96. The lowest BCUT2D eigenvalue weighted by molar-refractivity contribution is 1.05. The van der Waals surface area contributed by atoms with Crippen LogP contribution in [0.3, 0.4) is 0 Å². The van der Waals surface area contributed by atoms with Gasteiger partial charge in [-0.15, -0.1) is 0 Å². The van der Waals surface area contributed by atoms with E-state index in [2.05, 4.69) is 25.5 Å². The zero-order valence-electron chi connectivity index (χ0n) is 10.1. The summed E-state index contributed by atoms with van der Waals surface area (Å²) in [5.41, 5.74) is 1.51. The van der Waals surface area contributed by atoms with E-state index in [1.807, 2.05) is 6.07 Å². The van der Waals surface area contributed by atoms with Crippen LogP contribution >= 0.6 is 23.2 Å². The van der Waals surface area contributed by atoms with Gasteiger partial charge >= 0.3 is 0 Å². The van der Waals surface area contributed by atoms with Gasteiger partial charge < -0.3 is 5.32 Å². The maximum atomic E-state index is 11.7. The molecule has 0 atom stereocenters. The smallest absolute Gasteiger partial charge is 0.278 e. The van der Waals surface area contributed by atoms with E-state index in [1.165, 1.54) is 6.20 Å². The van der Waals surface area contributed by atoms with Crippen molar-refractivity contribution in [1.29, 1.82) is 0 Å². The molecular formula is C12H9Cl2N5O. The van der Waals surface area contributed by atoms with Crippen LogP contribution in [0, 0.1) is 0 Å². The van der Waals surface area contributed by atoms with Crippen LogP contribution in [-0.4, -0.2) is 20.2 Å². The predicted molar refractivity (Wildman–Crippen MR) is 78.3 cm³/mol. The average molecular weight is 310 g/mol. The van der Waals surface area contributed by atoms with Gasteiger partial charge in [0, 0.05) is 6.54 Å². The number of H-pyrrole nitrogens is 2. The van der Waals surface area contributed by atoms with Crippen molar-refractivity contribution in [3.05, 3.63) is 50.4 Å². The quantitative estimate of drug-likeness (QED) is 0.694. The minimum Gasteiger partial charge on any atom is -0.352 e. The summed E-state index contributed by atoms with van der Waals surface area (Å²) in [5, 5.41) is 10.4. The zero-order chi connectivity index (χ0) is 14.1. The Morgan fingerprint density at radius 1 is 1.25 bits per heavy atom. The third-order valence-electron chi connectivity index (χ3n) is 2.75. The molecule has 0 bridgehead atoms. The van der Waals surface area contributed by atoms with Crippen LogP contribution in [0.25, 0.3) is 11.0 Å². The van der Waals surface area contributed by atoms with Crippen LogP contribution in [0.5, 0.6) is 0 Å². The Balaban J connectivity index is 1.82. The molecule has 2 aromatic heterocycles. The molecule has 0 radical (unpaired) electrons. The number of hydrogen-bond donors (Lipinski definition) is 3. The van der Waals surface area contributed by atoms with Crippen molar-refractivity contribution >= 4 is 40.2 Å². The highest BCUT2D eigenvalue weighted by molar-refractivity contribution is 6.42. The standard InChI is InChI=1S/C12H9Cl2N5O/c13-7-2-1-6(3-8(7)14)4-15-12-17-9-5-16-19-10(9)11(20)18-12/h1-3,5H,4H2,(H,16,19)(H2,15,17,18,20). The third-order valence-corrected chi connectivity index (χ3v) is 3.49. The second-order valence-electron chi connectivity index (χ2n) is 4.15. The molecule has 0 amide bonds. The van der Waals surface area contributed by atoms with Gasteiger partial charge in [0.05, 0.1) is 16.2 Å². The Labute approximate surface area is 123 Å². The highest BCUT2D eigenvalue weighted by atomic mass is 35.5. The van der Waals surface area contributed by atoms with Gasteiger partial charge in [-0.25, -0.2) is 4.98 Å². The van der Waals surface area contributed by atoms with Gasteiger partial charge in [-0.1, -0.05) is 29.3 Å². The van der Waals surface area contributed by atoms with E-state index >= 15 is 0 Å². The Hall–Kier alpha value is -2.05. The summed E-state index contributed by atoms with van der Waals surface area (Å²) in [4.78, 5) is 18.6. The first-order chi connectivity index (χ1) is 9.63. The number of nitrogens with one attached hydrogen (secondary N) is 3. The van der Waals surface area contributed by atoms with Crippen molar-refractivity contribution in [3.63, 3.8) is 0 Å². The lowest BCUT2D eigenvalue weighted by Gasteiger charge is -2.06. The molecule has 0 aliphatic carbocycles. The average Bonchev–Trinajstić information content (AvgIpc) is 2.89. The van der Waals surface area contributed by atoms with Crippen LogP contribution in [0.15, 0.2) is 29.2 Å². The Bertz CT molecular complexity index is 826. The predicted octanol–water partition coefficient (Wildman–Crippen LogP) is 2.57. The fraction of sp³-hybridized carbons (Fsp3) is 0.0833. The van der Waals surface area contributed by atoms with Gasteiger partial charge in [0.15, 0.2) is 0 Å². The van der Waals surface area contributed by atoms with E-state index in [4.69, 9.17) is 23.2 Å². The summed E-state index contributed by atoms with van der Waals surface area (Å²) in [5.74, 6) is 0.370. The molecule has 0 aliphatic heterocycles. The van der Waals surface area contributed by atoms with E-state index in [-0.39, 0.29) is 5.56 Å². The number of benzene rings is 1. The molecule has 0 saturated carbocycles. The van der Waals surface area contributed by atoms with E-state index in [0.29, 0.717) is 33.6 Å². The van der Waals surface area contributed by atoms with Gasteiger partial charge in [-0.05, 0) is 17.7 Å². The normalized spacial score (nSPS) is 10.9. The van der Waals surface area contributed by atoms with E-state index < -0.39 is 0 Å². The Kier molecular flexibility index (Phi) is 3.33. The van der Waals surface area contributed by atoms with Gasteiger partial charge in [-0.3, -0.25) is 14.9 Å². The topological polar surface area (TPSA) is 86.5 Å². The van der Waals surface area contributed by atoms with Crippen LogP contribution in [-0.2, 0) is 6.54 Å². The fourth-order valence-electron chi connectivity index (χ4n) is 1.77. The minimum absolute atomic E-state index is 0.274. The molecule has 1 aromatic carbocycles. The van der Waals surface area contributed by atoms with Gasteiger partial charge in [0.25, 0.3) is 5.56 Å². The van der Waals surface area contributed by atoms with Gasteiger partial charge in [0.1, 0.15) is 11.0 Å². The number of halogens is 2. The molecule has 6 nitrogen and oxygen atoms in total. The van der Waals surface area contributed by atoms with E-state index in [0.717, 1.165) is 5.56 Å². The number of nitrogens with zero attached hydrogens (tertiary/aromatic N) is 2. The molecule has 8 heteroatoms. The van der Waals surface area contributed by atoms with Gasteiger partial charge in [0.2, 0.25) is 5.95 Å². The summed E-state index contributed by atoms with van der Waals surface area (Å²) in [6.07, 6.45) is 1.49. The Morgan fingerprint density at radius 3 is 2.90 bits per heavy atom. The SMILES string of the molecule is O=c1[nH]c(NCc2ccc(Cl)c(Cl)c2)nc2cn[nH]c12. The highest BCUT2D eigenvalue weighted by Gasteiger charge is 2.05. The molecule has 3 N–H and O–H groups in total. The minimum atomic E-state index is -0.274. The summed E-state index contributed by atoms with van der Waals surface area (Å²) >= 11 is 11.8. The molecule has 3 rings (SSSR count). The lowest BCUT2D eigenvalue weighted by atomic mass is 10.2. The van der Waals surface area contributed by atoms with Crippen molar-refractivity contribution < 1.29 is 0 Å². The maximum absolute atomic E-state index is 11.7. The molecule has 0 unspecified atom stereocenters. The maximum Gasteiger partial charge on any atom is 0.278 e. The molecule has 20 heavy (non-hydrogen) atoms. The van der Waals surface area contributed by atoms with Gasteiger partial charge in [-0.2, -0.15) is 5.10 Å². The zero-order valence-corrected chi connectivity index (χ0v) is 11.6. The van der Waals surface area contributed by atoms with Crippen LogP contribution in [0.4, 0.5) is 5.95 Å².